The first-order chi connectivity index (χ1) is 14.2. The molecule has 0 spiro atoms. The van der Waals surface area contributed by atoms with Crippen molar-refractivity contribution in [2.45, 2.75) is 13.8 Å². The highest BCUT2D eigenvalue weighted by Crippen LogP contribution is 2.34. The summed E-state index contributed by atoms with van der Waals surface area (Å²) in [5.41, 5.74) is 3.19. The number of hydrogen-bond acceptors (Lipinski definition) is 5. The van der Waals surface area contributed by atoms with Crippen molar-refractivity contribution in [1.82, 2.24) is 9.97 Å². The van der Waals surface area contributed by atoms with Gasteiger partial charge >= 0.3 is 0 Å². The van der Waals surface area contributed by atoms with E-state index < -0.39 is 0 Å². The third-order valence-electron chi connectivity index (χ3n) is 4.73. The molecular formula is C23H22N4OS. The predicted molar refractivity (Wildman–Crippen MR) is 121 cm³/mol. The molecule has 0 fully saturated rings. The molecule has 1 N–H and O–H groups in total. The van der Waals surface area contributed by atoms with Gasteiger partial charge in [0.25, 0.3) is 0 Å². The Bertz CT molecular complexity index is 1140. The monoisotopic (exact) mass is 402 g/mol. The van der Waals surface area contributed by atoms with E-state index in [1.54, 1.807) is 22.6 Å². The number of carbonyl (C=O) groups excluding carboxylic acids is 1. The Labute approximate surface area is 174 Å². The lowest BCUT2D eigenvalue weighted by atomic mass is 10.2. The number of anilines is 2. The molecule has 1 amide bonds. The summed E-state index contributed by atoms with van der Waals surface area (Å²) < 4.78 is 0. The Hall–Kier alpha value is -3.25. The molecule has 146 valence electrons. The number of nitrogens with one attached hydrogen (secondary N) is 1. The minimum Gasteiger partial charge on any atom is -0.360 e. The average molecular weight is 403 g/mol. The van der Waals surface area contributed by atoms with Gasteiger partial charge in [0.05, 0.1) is 11.9 Å². The third-order valence-corrected chi connectivity index (χ3v) is 5.82. The van der Waals surface area contributed by atoms with Crippen molar-refractivity contribution in [3.05, 3.63) is 72.6 Å². The van der Waals surface area contributed by atoms with E-state index >= 15 is 0 Å². The highest BCUT2D eigenvalue weighted by atomic mass is 32.1. The van der Waals surface area contributed by atoms with E-state index in [2.05, 4.69) is 33.5 Å². The molecule has 29 heavy (non-hydrogen) atoms. The van der Waals surface area contributed by atoms with E-state index in [0.29, 0.717) is 12.4 Å². The first kappa shape index (κ1) is 19.1. The van der Waals surface area contributed by atoms with E-state index in [4.69, 9.17) is 0 Å². The van der Waals surface area contributed by atoms with Crippen molar-refractivity contribution in [3.63, 3.8) is 0 Å². The Kier molecular flexibility index (Phi) is 5.53. The third kappa shape index (κ3) is 4.12. The second-order valence-electron chi connectivity index (χ2n) is 6.75. The van der Waals surface area contributed by atoms with Crippen LogP contribution in [0.2, 0.25) is 0 Å². The van der Waals surface area contributed by atoms with Crippen LogP contribution >= 0.6 is 11.3 Å². The van der Waals surface area contributed by atoms with Crippen LogP contribution in [-0.2, 0) is 4.79 Å². The average Bonchev–Trinajstić information content (AvgIpc) is 3.18. The lowest BCUT2D eigenvalue weighted by Gasteiger charge is -2.22. The summed E-state index contributed by atoms with van der Waals surface area (Å²) in [6.07, 6.45) is 1.54. The molecule has 0 aliphatic heterocycles. The van der Waals surface area contributed by atoms with Gasteiger partial charge in [-0.2, -0.15) is 0 Å². The fourth-order valence-corrected chi connectivity index (χ4v) is 4.30. The van der Waals surface area contributed by atoms with E-state index in [1.165, 1.54) is 0 Å². The van der Waals surface area contributed by atoms with Gasteiger partial charge in [0, 0.05) is 17.1 Å². The van der Waals surface area contributed by atoms with Gasteiger partial charge in [0.15, 0.2) is 0 Å². The lowest BCUT2D eigenvalue weighted by molar-refractivity contribution is -0.116. The van der Waals surface area contributed by atoms with Gasteiger partial charge in [0.2, 0.25) is 5.91 Å². The predicted octanol–water partition coefficient (Wildman–Crippen LogP) is 5.13. The molecule has 2 aromatic carbocycles. The number of aromatic nitrogens is 2. The van der Waals surface area contributed by atoms with E-state index in [1.807, 2.05) is 56.3 Å². The molecule has 2 heterocycles. The van der Waals surface area contributed by atoms with Gasteiger partial charge in [-0.25, -0.2) is 9.97 Å². The number of hydrogen-bond donors (Lipinski definition) is 1. The Morgan fingerprint density at radius 1 is 1.07 bits per heavy atom. The molecule has 0 aliphatic carbocycles. The van der Waals surface area contributed by atoms with Crippen LogP contribution in [0.15, 0.2) is 67.0 Å². The van der Waals surface area contributed by atoms with Gasteiger partial charge in [0.1, 0.15) is 17.0 Å². The van der Waals surface area contributed by atoms with E-state index in [0.717, 1.165) is 31.9 Å². The molecule has 0 aliphatic rings. The number of rotatable bonds is 6. The topological polar surface area (TPSA) is 58.1 Å². The molecule has 2 aromatic heterocycles. The molecule has 0 atom stereocenters. The molecule has 0 radical (unpaired) electrons. The summed E-state index contributed by atoms with van der Waals surface area (Å²) in [5.74, 6) is 0.686. The molecule has 6 heteroatoms. The summed E-state index contributed by atoms with van der Waals surface area (Å²) in [6, 6.07) is 20.3. The summed E-state index contributed by atoms with van der Waals surface area (Å²) in [7, 11) is 0. The van der Waals surface area contributed by atoms with Crippen molar-refractivity contribution in [1.29, 1.82) is 0 Å². The highest BCUT2D eigenvalue weighted by Gasteiger charge is 2.16. The number of fused-ring (bicyclic) bond motifs is 1. The van der Waals surface area contributed by atoms with Crippen molar-refractivity contribution >= 4 is 39.0 Å². The van der Waals surface area contributed by atoms with Crippen LogP contribution in [-0.4, -0.2) is 29.0 Å². The van der Waals surface area contributed by atoms with Crippen molar-refractivity contribution in [2.75, 3.05) is 23.3 Å². The quantitative estimate of drug-likeness (QED) is 0.486. The minimum absolute atomic E-state index is 0.00312. The number of thiophene rings is 1. The number of carbonyl (C=O) groups is 1. The highest BCUT2D eigenvalue weighted by molar-refractivity contribution is 7.21. The first-order valence-electron chi connectivity index (χ1n) is 9.56. The van der Waals surface area contributed by atoms with Gasteiger partial charge in [-0.3, -0.25) is 4.79 Å². The molecule has 0 saturated heterocycles. The Morgan fingerprint density at radius 3 is 2.66 bits per heavy atom. The normalized spacial score (nSPS) is 10.8. The van der Waals surface area contributed by atoms with Gasteiger partial charge in [-0.15, -0.1) is 11.3 Å². The molecule has 0 unspecified atom stereocenters. The summed E-state index contributed by atoms with van der Waals surface area (Å²) in [6.45, 7) is 4.79. The minimum atomic E-state index is 0.00312. The number of benzene rings is 2. The largest absolute Gasteiger partial charge is 0.360 e. The zero-order chi connectivity index (χ0) is 20.2. The van der Waals surface area contributed by atoms with Crippen LogP contribution in [0, 0.1) is 6.92 Å². The maximum atomic E-state index is 12.8. The van der Waals surface area contributed by atoms with Crippen molar-refractivity contribution in [2.24, 2.45) is 0 Å². The summed E-state index contributed by atoms with van der Waals surface area (Å²) in [4.78, 5) is 25.4. The molecule has 0 saturated carbocycles. The Morgan fingerprint density at radius 2 is 1.90 bits per heavy atom. The summed E-state index contributed by atoms with van der Waals surface area (Å²) >= 11 is 1.62. The second-order valence-corrected chi connectivity index (χ2v) is 7.78. The zero-order valence-electron chi connectivity index (χ0n) is 16.4. The van der Waals surface area contributed by atoms with Crippen LogP contribution in [0.4, 0.5) is 11.5 Å². The first-order valence-corrected chi connectivity index (χ1v) is 10.4. The maximum Gasteiger partial charge on any atom is 0.246 e. The SMILES string of the molecule is CCN(C(=O)CNc1ncnc2sc(-c3ccccc3)cc12)c1cccc(C)c1. The molecule has 4 aromatic rings. The number of likely N-dealkylation sites (N-methyl/N-ethyl adjacent to an activating group) is 1. The van der Waals surface area contributed by atoms with Crippen molar-refractivity contribution < 1.29 is 4.79 Å². The van der Waals surface area contributed by atoms with Crippen LogP contribution in [0.3, 0.4) is 0 Å². The van der Waals surface area contributed by atoms with E-state index in [9.17, 15) is 4.79 Å². The summed E-state index contributed by atoms with van der Waals surface area (Å²) in [5, 5.41) is 4.15. The van der Waals surface area contributed by atoms with Crippen LogP contribution in [0.5, 0.6) is 0 Å². The lowest BCUT2D eigenvalue weighted by Crippen LogP contribution is -2.35. The molecule has 5 nitrogen and oxygen atoms in total. The fourth-order valence-electron chi connectivity index (χ4n) is 3.29. The van der Waals surface area contributed by atoms with Gasteiger partial charge < -0.3 is 10.2 Å². The fraction of sp³-hybridized carbons (Fsp3) is 0.174. The van der Waals surface area contributed by atoms with Crippen LogP contribution < -0.4 is 10.2 Å². The van der Waals surface area contributed by atoms with Crippen molar-refractivity contribution in [3.8, 4) is 10.4 Å². The van der Waals surface area contributed by atoms with E-state index in [-0.39, 0.29) is 12.5 Å². The molecule has 4 rings (SSSR count). The zero-order valence-corrected chi connectivity index (χ0v) is 17.2. The van der Waals surface area contributed by atoms with Gasteiger partial charge in [-0.05, 0) is 43.2 Å². The molecular weight excluding hydrogens is 380 g/mol. The number of nitrogens with zero attached hydrogens (tertiary/aromatic N) is 3. The van der Waals surface area contributed by atoms with Crippen LogP contribution in [0.25, 0.3) is 20.7 Å². The molecule has 0 bridgehead atoms. The standard InChI is InChI=1S/C23H22N4OS/c1-3-27(18-11-7-8-16(2)12-18)21(28)14-24-22-19-13-20(17-9-5-4-6-10-17)29-23(19)26-15-25-22/h4-13,15H,3,14H2,1-2H3,(H,24,25,26). The number of aryl methyl sites for hydroxylation is 1. The second kappa shape index (κ2) is 8.41. The Balaban J connectivity index is 1.55. The smallest absolute Gasteiger partial charge is 0.246 e. The number of amides is 1. The maximum absolute atomic E-state index is 12.8. The van der Waals surface area contributed by atoms with Gasteiger partial charge in [-0.1, -0.05) is 42.5 Å². The van der Waals surface area contributed by atoms with Crippen LogP contribution in [0.1, 0.15) is 12.5 Å².